The lowest BCUT2D eigenvalue weighted by molar-refractivity contribution is 0.00915. The lowest BCUT2D eigenvalue weighted by atomic mass is 9.98. The number of benzene rings is 1. The summed E-state index contributed by atoms with van der Waals surface area (Å²) in [5, 5.41) is 0. The summed E-state index contributed by atoms with van der Waals surface area (Å²) < 4.78 is 19.6. The molecule has 0 aliphatic carbocycles. The second-order valence-corrected chi connectivity index (χ2v) is 6.04. The lowest BCUT2D eigenvalue weighted by Gasteiger charge is -2.23. The highest BCUT2D eigenvalue weighted by atomic mass is 79.9. The van der Waals surface area contributed by atoms with Gasteiger partial charge in [0.15, 0.2) is 0 Å². The summed E-state index contributed by atoms with van der Waals surface area (Å²) in [6, 6.07) is 5.16. The largest absolute Gasteiger partial charge is 0.378 e. The number of halogens is 2. The zero-order valence-corrected chi connectivity index (χ0v) is 12.7. The number of hydrogen-bond acceptors (Lipinski definition) is 2. The molecule has 0 spiro atoms. The van der Waals surface area contributed by atoms with Crippen LogP contribution in [0.4, 0.5) is 4.39 Å². The van der Waals surface area contributed by atoms with Crippen LogP contribution in [0.3, 0.4) is 0 Å². The van der Waals surface area contributed by atoms with Crippen LogP contribution in [-0.2, 0) is 11.2 Å². The minimum atomic E-state index is -0.222. The van der Waals surface area contributed by atoms with Gasteiger partial charge in [-0.3, -0.25) is 0 Å². The summed E-state index contributed by atoms with van der Waals surface area (Å²) in [7, 11) is 0. The van der Waals surface area contributed by atoms with Gasteiger partial charge in [-0.1, -0.05) is 12.1 Å². The van der Waals surface area contributed by atoms with Gasteiger partial charge in [-0.2, -0.15) is 0 Å². The van der Waals surface area contributed by atoms with Crippen molar-refractivity contribution in [3.05, 3.63) is 34.1 Å². The summed E-state index contributed by atoms with van der Waals surface area (Å²) in [4.78, 5) is 0. The monoisotopic (exact) mass is 329 g/mol. The van der Waals surface area contributed by atoms with Gasteiger partial charge in [0.1, 0.15) is 5.82 Å². The molecule has 106 valence electrons. The van der Waals surface area contributed by atoms with Gasteiger partial charge in [0.25, 0.3) is 0 Å². The maximum atomic E-state index is 13.4. The predicted octanol–water partition coefficient (Wildman–Crippen LogP) is 3.81. The molecule has 4 heteroatoms. The van der Waals surface area contributed by atoms with E-state index in [2.05, 4.69) is 15.9 Å². The maximum Gasteiger partial charge on any atom is 0.137 e. The number of ether oxygens (including phenoxy) is 1. The summed E-state index contributed by atoms with van der Waals surface area (Å²) in [6.45, 7) is 0.884. The van der Waals surface area contributed by atoms with E-state index in [1.807, 2.05) is 6.07 Å². The van der Waals surface area contributed by atoms with Gasteiger partial charge in [-0.25, -0.2) is 4.39 Å². The summed E-state index contributed by atoms with van der Waals surface area (Å²) >= 11 is 3.28. The number of nitrogens with two attached hydrogens (primary N) is 1. The highest BCUT2D eigenvalue weighted by Gasteiger charge is 2.16. The fourth-order valence-corrected chi connectivity index (χ4v) is 2.95. The zero-order chi connectivity index (χ0) is 13.7. The Morgan fingerprint density at radius 2 is 2.26 bits per heavy atom. The molecule has 1 heterocycles. The normalized spacial score (nSPS) is 21.3. The quantitative estimate of drug-likeness (QED) is 0.891. The Labute approximate surface area is 122 Å². The van der Waals surface area contributed by atoms with Gasteiger partial charge in [-0.15, -0.1) is 0 Å². The molecule has 0 radical (unpaired) electrons. The SMILES string of the molecule is NC(CCC1CCCCO1)Cc1cccc(F)c1Br. The molecule has 2 rings (SSSR count). The summed E-state index contributed by atoms with van der Waals surface area (Å²) in [6.07, 6.45) is 6.59. The van der Waals surface area contributed by atoms with Crippen LogP contribution in [-0.4, -0.2) is 18.8 Å². The van der Waals surface area contributed by atoms with Crippen molar-refractivity contribution in [1.82, 2.24) is 0 Å². The third kappa shape index (κ3) is 4.55. The summed E-state index contributed by atoms with van der Waals surface area (Å²) in [5.41, 5.74) is 7.08. The van der Waals surface area contributed by atoms with Crippen molar-refractivity contribution in [2.75, 3.05) is 6.61 Å². The highest BCUT2D eigenvalue weighted by molar-refractivity contribution is 9.10. The molecule has 2 N–H and O–H groups in total. The third-order valence-electron chi connectivity index (χ3n) is 3.65. The molecule has 19 heavy (non-hydrogen) atoms. The standard InChI is InChI=1S/C15H21BrFNO/c16-15-11(4-3-6-14(15)17)10-12(18)7-8-13-5-1-2-9-19-13/h3-4,6,12-13H,1-2,5,7-10,18H2. The second kappa shape index (κ2) is 7.36. The molecule has 2 unspecified atom stereocenters. The van der Waals surface area contributed by atoms with Gasteiger partial charge >= 0.3 is 0 Å². The Balaban J connectivity index is 1.80. The Kier molecular flexibility index (Phi) is 5.79. The van der Waals surface area contributed by atoms with Crippen molar-refractivity contribution in [2.24, 2.45) is 5.73 Å². The minimum absolute atomic E-state index is 0.0589. The Bertz CT molecular complexity index is 407. The van der Waals surface area contributed by atoms with Crippen molar-refractivity contribution in [1.29, 1.82) is 0 Å². The molecular weight excluding hydrogens is 309 g/mol. The Morgan fingerprint density at radius 3 is 3.00 bits per heavy atom. The van der Waals surface area contributed by atoms with E-state index < -0.39 is 0 Å². The molecule has 1 aliphatic rings. The molecule has 0 aromatic heterocycles. The average molecular weight is 330 g/mol. The topological polar surface area (TPSA) is 35.2 Å². The van der Waals surface area contributed by atoms with Crippen LogP contribution in [0.25, 0.3) is 0 Å². The van der Waals surface area contributed by atoms with Crippen LogP contribution < -0.4 is 5.73 Å². The van der Waals surface area contributed by atoms with E-state index in [1.165, 1.54) is 18.9 Å². The molecule has 2 nitrogen and oxygen atoms in total. The van der Waals surface area contributed by atoms with E-state index in [9.17, 15) is 4.39 Å². The molecule has 1 aliphatic heterocycles. The second-order valence-electron chi connectivity index (χ2n) is 5.24. The van der Waals surface area contributed by atoms with Crippen LogP contribution in [0.5, 0.6) is 0 Å². The Hall–Kier alpha value is -0.450. The highest BCUT2D eigenvalue weighted by Crippen LogP contribution is 2.23. The molecule has 0 bridgehead atoms. The third-order valence-corrected chi connectivity index (χ3v) is 4.54. The molecule has 0 saturated carbocycles. The van der Waals surface area contributed by atoms with Gasteiger partial charge < -0.3 is 10.5 Å². The molecule has 2 atom stereocenters. The van der Waals surface area contributed by atoms with Crippen molar-refractivity contribution in [3.63, 3.8) is 0 Å². The first-order valence-electron chi connectivity index (χ1n) is 6.97. The Morgan fingerprint density at radius 1 is 1.42 bits per heavy atom. The number of hydrogen-bond donors (Lipinski definition) is 1. The van der Waals surface area contributed by atoms with E-state index in [1.54, 1.807) is 6.07 Å². The fourth-order valence-electron chi connectivity index (χ4n) is 2.53. The van der Waals surface area contributed by atoms with Gasteiger partial charge in [0.05, 0.1) is 10.6 Å². The van der Waals surface area contributed by atoms with Crippen molar-refractivity contribution in [3.8, 4) is 0 Å². The fraction of sp³-hybridized carbons (Fsp3) is 0.600. The van der Waals surface area contributed by atoms with Crippen LogP contribution in [0.1, 0.15) is 37.7 Å². The van der Waals surface area contributed by atoms with E-state index in [4.69, 9.17) is 10.5 Å². The minimum Gasteiger partial charge on any atom is -0.378 e. The molecule has 1 fully saturated rings. The molecular formula is C15H21BrFNO. The van der Waals surface area contributed by atoms with Crippen molar-refractivity contribution >= 4 is 15.9 Å². The van der Waals surface area contributed by atoms with Crippen LogP contribution in [0.2, 0.25) is 0 Å². The van der Waals surface area contributed by atoms with Crippen molar-refractivity contribution < 1.29 is 9.13 Å². The zero-order valence-electron chi connectivity index (χ0n) is 11.1. The van der Waals surface area contributed by atoms with Crippen molar-refractivity contribution in [2.45, 2.75) is 50.7 Å². The van der Waals surface area contributed by atoms with Crippen LogP contribution >= 0.6 is 15.9 Å². The summed E-state index contributed by atoms with van der Waals surface area (Å²) in [5.74, 6) is -0.222. The first kappa shape index (κ1) is 14.9. The van der Waals surface area contributed by atoms with Gasteiger partial charge in [0.2, 0.25) is 0 Å². The molecule has 1 saturated heterocycles. The van der Waals surface area contributed by atoms with Gasteiger partial charge in [-0.05, 0) is 66.1 Å². The van der Waals surface area contributed by atoms with E-state index >= 15 is 0 Å². The lowest BCUT2D eigenvalue weighted by Crippen LogP contribution is -2.27. The number of rotatable bonds is 5. The van der Waals surface area contributed by atoms with Crippen LogP contribution in [0, 0.1) is 5.82 Å². The first-order chi connectivity index (χ1) is 9.16. The molecule has 0 amide bonds. The molecule has 1 aromatic rings. The van der Waals surface area contributed by atoms with E-state index in [0.29, 0.717) is 17.0 Å². The van der Waals surface area contributed by atoms with E-state index in [0.717, 1.165) is 31.4 Å². The average Bonchev–Trinajstić information content (AvgIpc) is 2.43. The predicted molar refractivity (Wildman–Crippen MR) is 78.6 cm³/mol. The van der Waals surface area contributed by atoms with E-state index in [-0.39, 0.29) is 11.9 Å². The molecule has 1 aromatic carbocycles. The maximum absolute atomic E-state index is 13.4. The smallest absolute Gasteiger partial charge is 0.137 e. The first-order valence-corrected chi connectivity index (χ1v) is 7.76. The van der Waals surface area contributed by atoms with Crippen LogP contribution in [0.15, 0.2) is 22.7 Å². The van der Waals surface area contributed by atoms with Gasteiger partial charge in [0, 0.05) is 12.6 Å².